The molecule has 1 aromatic heterocycles. The highest BCUT2D eigenvalue weighted by Crippen LogP contribution is 2.45. The van der Waals surface area contributed by atoms with Crippen LogP contribution >= 0.6 is 0 Å². The molecule has 0 bridgehead atoms. The highest BCUT2D eigenvalue weighted by Gasteiger charge is 2.36. The first kappa shape index (κ1) is 18.9. The Morgan fingerprint density at radius 1 is 1.31 bits per heavy atom. The van der Waals surface area contributed by atoms with E-state index in [2.05, 4.69) is 46.8 Å². The first-order chi connectivity index (χ1) is 13.9. The summed E-state index contributed by atoms with van der Waals surface area (Å²) in [4.78, 5) is 10.8. The Labute approximate surface area is 168 Å². The SMILES string of the molecule is CCc1nnnn1-c1cccc(C2Nc3ccc(OC(=O)O)cc3CC2(C)C)c1. The zero-order valence-corrected chi connectivity index (χ0v) is 16.6. The number of fused-ring (bicyclic) bond motifs is 1. The molecule has 2 heterocycles. The number of aryl methyl sites for hydroxylation is 1. The summed E-state index contributed by atoms with van der Waals surface area (Å²) >= 11 is 0. The molecule has 1 unspecified atom stereocenters. The van der Waals surface area contributed by atoms with Crippen LogP contribution in [-0.2, 0) is 12.8 Å². The van der Waals surface area contributed by atoms with E-state index in [1.165, 1.54) is 0 Å². The maximum Gasteiger partial charge on any atom is 0.511 e. The van der Waals surface area contributed by atoms with Gasteiger partial charge in [-0.2, -0.15) is 4.68 Å². The summed E-state index contributed by atoms with van der Waals surface area (Å²) in [5.74, 6) is 1.15. The Morgan fingerprint density at radius 2 is 2.14 bits per heavy atom. The van der Waals surface area contributed by atoms with Crippen LogP contribution in [0.2, 0.25) is 0 Å². The Morgan fingerprint density at radius 3 is 2.90 bits per heavy atom. The second-order valence-electron chi connectivity index (χ2n) is 7.89. The Kier molecular flexibility index (Phi) is 4.70. The number of benzene rings is 2. The second-order valence-corrected chi connectivity index (χ2v) is 7.89. The minimum Gasteiger partial charge on any atom is -0.449 e. The third-order valence-corrected chi connectivity index (χ3v) is 5.31. The standard InChI is InChI=1S/C21H23N5O3/c1-4-18-23-24-25-26(18)15-7-5-6-13(10-15)19-21(2,3)12-14-11-16(29-20(27)28)8-9-17(14)22-19/h5-11,19,22H,4,12H2,1-3H3,(H,27,28). The van der Waals surface area contributed by atoms with Gasteiger partial charge in [-0.05, 0) is 63.7 Å². The molecule has 2 aromatic carbocycles. The van der Waals surface area contributed by atoms with E-state index in [0.717, 1.165) is 41.2 Å². The predicted octanol–water partition coefficient (Wildman–Crippen LogP) is 4.02. The average Bonchev–Trinajstić information content (AvgIpc) is 3.15. The van der Waals surface area contributed by atoms with Gasteiger partial charge in [-0.1, -0.05) is 32.9 Å². The first-order valence-electron chi connectivity index (χ1n) is 9.55. The molecule has 0 spiro atoms. The summed E-state index contributed by atoms with van der Waals surface area (Å²) in [6.45, 7) is 6.41. The lowest BCUT2D eigenvalue weighted by atomic mass is 9.73. The highest BCUT2D eigenvalue weighted by molar-refractivity contribution is 5.64. The number of hydrogen-bond acceptors (Lipinski definition) is 6. The van der Waals surface area contributed by atoms with Crippen molar-refractivity contribution in [1.29, 1.82) is 0 Å². The fourth-order valence-corrected chi connectivity index (χ4v) is 3.96. The van der Waals surface area contributed by atoms with Gasteiger partial charge in [-0.25, -0.2) is 4.79 Å². The molecule has 0 amide bonds. The Bertz CT molecular complexity index is 1060. The average molecular weight is 393 g/mol. The van der Waals surface area contributed by atoms with Crippen LogP contribution in [0, 0.1) is 5.41 Å². The molecular formula is C21H23N5O3. The minimum absolute atomic E-state index is 0.0720. The topological polar surface area (TPSA) is 102 Å². The van der Waals surface area contributed by atoms with Crippen molar-refractivity contribution < 1.29 is 14.6 Å². The number of carboxylic acid groups (broad SMARTS) is 1. The molecule has 3 aromatic rings. The second kappa shape index (κ2) is 7.20. The highest BCUT2D eigenvalue weighted by atomic mass is 16.7. The molecule has 8 nitrogen and oxygen atoms in total. The van der Waals surface area contributed by atoms with Gasteiger partial charge in [0.15, 0.2) is 5.82 Å². The van der Waals surface area contributed by atoms with Crippen LogP contribution < -0.4 is 10.1 Å². The van der Waals surface area contributed by atoms with Gasteiger partial charge < -0.3 is 15.2 Å². The quantitative estimate of drug-likeness (QED) is 0.510. The van der Waals surface area contributed by atoms with Gasteiger partial charge in [-0.3, -0.25) is 0 Å². The molecule has 4 rings (SSSR count). The number of ether oxygens (including phenoxy) is 1. The van der Waals surface area contributed by atoms with Gasteiger partial charge in [0.2, 0.25) is 0 Å². The number of hydrogen-bond donors (Lipinski definition) is 2. The van der Waals surface area contributed by atoms with Gasteiger partial charge in [0.05, 0.1) is 11.7 Å². The Balaban J connectivity index is 1.68. The van der Waals surface area contributed by atoms with Crippen LogP contribution in [0.5, 0.6) is 5.75 Å². The molecule has 0 aliphatic carbocycles. The zero-order chi connectivity index (χ0) is 20.6. The maximum atomic E-state index is 10.8. The third kappa shape index (κ3) is 3.65. The number of carbonyl (C=O) groups is 1. The summed E-state index contributed by atoms with van der Waals surface area (Å²) in [7, 11) is 0. The molecule has 29 heavy (non-hydrogen) atoms. The molecule has 0 saturated carbocycles. The molecule has 8 heteroatoms. The number of rotatable bonds is 4. The van der Waals surface area contributed by atoms with Crippen LogP contribution in [0.1, 0.15) is 43.8 Å². The first-order valence-corrected chi connectivity index (χ1v) is 9.55. The van der Waals surface area contributed by atoms with Crippen molar-refractivity contribution in [2.75, 3.05) is 5.32 Å². The third-order valence-electron chi connectivity index (χ3n) is 5.31. The van der Waals surface area contributed by atoms with Gasteiger partial charge in [0, 0.05) is 12.1 Å². The van der Waals surface area contributed by atoms with Crippen LogP contribution in [0.25, 0.3) is 5.69 Å². The van der Waals surface area contributed by atoms with E-state index >= 15 is 0 Å². The molecule has 0 saturated heterocycles. The van der Waals surface area contributed by atoms with E-state index in [4.69, 9.17) is 9.84 Å². The monoisotopic (exact) mass is 393 g/mol. The van der Waals surface area contributed by atoms with Crippen LogP contribution in [0.4, 0.5) is 10.5 Å². The van der Waals surface area contributed by atoms with E-state index in [0.29, 0.717) is 5.75 Å². The number of tetrazole rings is 1. The van der Waals surface area contributed by atoms with Gasteiger partial charge >= 0.3 is 6.16 Å². The molecular weight excluding hydrogens is 370 g/mol. The van der Waals surface area contributed by atoms with E-state index in [9.17, 15) is 4.79 Å². The van der Waals surface area contributed by atoms with Gasteiger partial charge in [0.1, 0.15) is 5.75 Å². The Hall–Kier alpha value is -3.42. The molecule has 2 N–H and O–H groups in total. The van der Waals surface area contributed by atoms with Crippen molar-refractivity contribution >= 4 is 11.8 Å². The van der Waals surface area contributed by atoms with E-state index in [1.54, 1.807) is 16.8 Å². The summed E-state index contributed by atoms with van der Waals surface area (Å²) < 4.78 is 6.57. The smallest absolute Gasteiger partial charge is 0.449 e. The molecule has 150 valence electrons. The lowest BCUT2D eigenvalue weighted by molar-refractivity contribution is 0.144. The lowest BCUT2D eigenvalue weighted by Crippen LogP contribution is -2.35. The minimum atomic E-state index is -1.31. The van der Waals surface area contributed by atoms with Crippen LogP contribution in [0.3, 0.4) is 0 Å². The molecule has 0 fully saturated rings. The van der Waals surface area contributed by atoms with E-state index < -0.39 is 6.16 Å². The normalized spacial score (nSPS) is 17.3. The van der Waals surface area contributed by atoms with Gasteiger partial charge in [0.25, 0.3) is 0 Å². The van der Waals surface area contributed by atoms with Crippen molar-refractivity contribution in [1.82, 2.24) is 20.2 Å². The van der Waals surface area contributed by atoms with Crippen molar-refractivity contribution in [3.63, 3.8) is 0 Å². The van der Waals surface area contributed by atoms with Crippen molar-refractivity contribution in [3.8, 4) is 11.4 Å². The van der Waals surface area contributed by atoms with Crippen LogP contribution in [0.15, 0.2) is 42.5 Å². The number of anilines is 1. The molecule has 0 radical (unpaired) electrons. The van der Waals surface area contributed by atoms with E-state index in [1.807, 2.05) is 25.1 Å². The fourth-order valence-electron chi connectivity index (χ4n) is 3.96. The summed E-state index contributed by atoms with van der Waals surface area (Å²) in [5.41, 5.74) is 3.98. The number of nitrogens with zero attached hydrogens (tertiary/aromatic N) is 4. The molecule has 1 aliphatic rings. The maximum absolute atomic E-state index is 10.8. The summed E-state index contributed by atoms with van der Waals surface area (Å²) in [5, 5.41) is 24.5. The number of nitrogens with one attached hydrogen (secondary N) is 1. The van der Waals surface area contributed by atoms with Crippen molar-refractivity contribution in [2.45, 2.75) is 39.7 Å². The number of aromatic nitrogens is 4. The zero-order valence-electron chi connectivity index (χ0n) is 16.6. The van der Waals surface area contributed by atoms with Crippen molar-refractivity contribution in [3.05, 3.63) is 59.4 Å². The lowest BCUT2D eigenvalue weighted by Gasteiger charge is -2.41. The largest absolute Gasteiger partial charge is 0.511 e. The fraction of sp³-hybridized carbons (Fsp3) is 0.333. The molecule has 1 atom stereocenters. The molecule has 1 aliphatic heterocycles. The van der Waals surface area contributed by atoms with E-state index in [-0.39, 0.29) is 11.5 Å². The summed E-state index contributed by atoms with van der Waals surface area (Å²) in [6, 6.07) is 13.6. The predicted molar refractivity (Wildman–Crippen MR) is 107 cm³/mol. The van der Waals surface area contributed by atoms with Gasteiger partial charge in [-0.15, -0.1) is 5.10 Å². The van der Waals surface area contributed by atoms with Crippen LogP contribution in [-0.4, -0.2) is 31.5 Å². The van der Waals surface area contributed by atoms with Crippen molar-refractivity contribution in [2.24, 2.45) is 5.41 Å². The summed E-state index contributed by atoms with van der Waals surface area (Å²) in [6.07, 6.45) is 0.224.